The first-order valence-electron chi connectivity index (χ1n) is 7.18. The molecule has 0 unspecified atom stereocenters. The number of benzene rings is 1. The van der Waals surface area contributed by atoms with Gasteiger partial charge in [0.1, 0.15) is 5.75 Å². The van der Waals surface area contributed by atoms with E-state index >= 15 is 0 Å². The Balaban J connectivity index is 0.00000288. The maximum absolute atomic E-state index is 12.2. The lowest BCUT2D eigenvalue weighted by atomic mass is 10.1. The third-order valence-electron chi connectivity index (χ3n) is 3.56. The van der Waals surface area contributed by atoms with E-state index in [2.05, 4.69) is 5.32 Å². The Bertz CT molecular complexity index is 636. The van der Waals surface area contributed by atoms with Gasteiger partial charge in [0, 0.05) is 32.0 Å². The van der Waals surface area contributed by atoms with Crippen molar-refractivity contribution in [3.05, 3.63) is 22.7 Å². The summed E-state index contributed by atoms with van der Waals surface area (Å²) in [6.45, 7) is 0.624. The van der Waals surface area contributed by atoms with Gasteiger partial charge < -0.3 is 15.8 Å². The molecule has 0 radical (unpaired) electrons. The number of carbonyl (C=O) groups is 3. The highest BCUT2D eigenvalue weighted by atomic mass is 35.5. The molecule has 1 aliphatic rings. The second kappa shape index (κ2) is 8.75. The van der Waals surface area contributed by atoms with E-state index in [1.807, 2.05) is 0 Å². The molecule has 1 heterocycles. The Hall–Kier alpha value is -1.99. The van der Waals surface area contributed by atoms with Crippen LogP contribution < -0.4 is 15.8 Å². The zero-order valence-electron chi connectivity index (χ0n) is 13.1. The molecule has 3 N–H and O–H groups in total. The largest absolute Gasteiger partial charge is 0.496 e. The molecule has 1 aliphatic heterocycles. The molecule has 2 rings (SSSR count). The number of nitrogens with two attached hydrogens (primary N) is 1. The molecule has 7 nitrogen and oxygen atoms in total. The van der Waals surface area contributed by atoms with E-state index in [9.17, 15) is 14.4 Å². The summed E-state index contributed by atoms with van der Waals surface area (Å²) >= 11 is 5.92. The summed E-state index contributed by atoms with van der Waals surface area (Å²) < 4.78 is 5.12. The second-order valence-corrected chi connectivity index (χ2v) is 5.53. The van der Waals surface area contributed by atoms with Crippen LogP contribution in [0.25, 0.3) is 0 Å². The first-order chi connectivity index (χ1) is 10.9. The fraction of sp³-hybridized carbons (Fsp3) is 0.400. The van der Waals surface area contributed by atoms with Crippen molar-refractivity contribution < 1.29 is 19.1 Å². The number of likely N-dealkylation sites (tertiary alicyclic amines) is 1. The predicted molar refractivity (Wildman–Crippen MR) is 92.6 cm³/mol. The summed E-state index contributed by atoms with van der Waals surface area (Å²) in [6.07, 6.45) is 1.02. The number of nitrogen functional groups attached to an aromatic ring is 1. The van der Waals surface area contributed by atoms with Crippen molar-refractivity contribution in [2.45, 2.75) is 19.3 Å². The molecule has 132 valence electrons. The Labute approximate surface area is 150 Å². The topological polar surface area (TPSA) is 102 Å². The highest BCUT2D eigenvalue weighted by molar-refractivity contribution is 6.33. The fourth-order valence-electron chi connectivity index (χ4n) is 2.32. The number of hydrogen-bond donors (Lipinski definition) is 2. The van der Waals surface area contributed by atoms with Gasteiger partial charge in [0.2, 0.25) is 11.8 Å². The zero-order valence-corrected chi connectivity index (χ0v) is 14.7. The van der Waals surface area contributed by atoms with Crippen LogP contribution in [0.2, 0.25) is 5.02 Å². The molecule has 1 saturated heterocycles. The quantitative estimate of drug-likeness (QED) is 0.446. The first-order valence-corrected chi connectivity index (χ1v) is 7.56. The molecule has 0 bridgehead atoms. The molecule has 0 atom stereocenters. The van der Waals surface area contributed by atoms with Crippen LogP contribution in [0, 0.1) is 0 Å². The number of nitrogens with one attached hydrogen (secondary N) is 1. The van der Waals surface area contributed by atoms with Crippen LogP contribution in [0.5, 0.6) is 5.75 Å². The van der Waals surface area contributed by atoms with Gasteiger partial charge in [-0.3, -0.25) is 19.3 Å². The van der Waals surface area contributed by atoms with Crippen molar-refractivity contribution in [1.82, 2.24) is 10.2 Å². The van der Waals surface area contributed by atoms with Crippen LogP contribution in [0.4, 0.5) is 5.69 Å². The Morgan fingerprint density at radius 2 is 1.96 bits per heavy atom. The Morgan fingerprint density at radius 3 is 2.54 bits per heavy atom. The maximum Gasteiger partial charge on any atom is 0.255 e. The van der Waals surface area contributed by atoms with Crippen LogP contribution in [0.15, 0.2) is 12.1 Å². The van der Waals surface area contributed by atoms with Crippen LogP contribution in [0.1, 0.15) is 29.6 Å². The lowest BCUT2D eigenvalue weighted by Gasteiger charge is -2.14. The van der Waals surface area contributed by atoms with E-state index in [0.717, 1.165) is 0 Å². The minimum atomic E-state index is -0.358. The second-order valence-electron chi connectivity index (χ2n) is 5.12. The minimum Gasteiger partial charge on any atom is -0.496 e. The maximum atomic E-state index is 12.2. The summed E-state index contributed by atoms with van der Waals surface area (Å²) in [6, 6.07) is 2.93. The van der Waals surface area contributed by atoms with Crippen molar-refractivity contribution in [3.63, 3.8) is 0 Å². The summed E-state index contributed by atoms with van der Waals surface area (Å²) in [5.74, 6) is -0.348. The molecular formula is C15H19Cl2N3O4. The molecule has 0 saturated carbocycles. The zero-order chi connectivity index (χ0) is 17.0. The molecular weight excluding hydrogens is 357 g/mol. The number of rotatable bonds is 6. The van der Waals surface area contributed by atoms with E-state index in [1.54, 1.807) is 0 Å². The SMILES string of the molecule is COc1cc(N)c(Cl)cc1C(=O)NCCCN1C(=O)CCC1=O.Cl. The van der Waals surface area contributed by atoms with Crippen molar-refractivity contribution >= 4 is 47.4 Å². The molecule has 0 aromatic heterocycles. The van der Waals surface area contributed by atoms with Crippen LogP contribution in [-0.4, -0.2) is 42.8 Å². The van der Waals surface area contributed by atoms with E-state index in [0.29, 0.717) is 30.9 Å². The van der Waals surface area contributed by atoms with Gasteiger partial charge in [-0.05, 0) is 12.5 Å². The lowest BCUT2D eigenvalue weighted by molar-refractivity contribution is -0.138. The molecule has 24 heavy (non-hydrogen) atoms. The highest BCUT2D eigenvalue weighted by Crippen LogP contribution is 2.28. The molecule has 0 spiro atoms. The third kappa shape index (κ3) is 4.52. The van der Waals surface area contributed by atoms with Gasteiger partial charge in [0.05, 0.1) is 23.4 Å². The normalized spacial score (nSPS) is 13.7. The summed E-state index contributed by atoms with van der Waals surface area (Å²) in [5, 5.41) is 2.97. The predicted octanol–water partition coefficient (Wildman–Crippen LogP) is 1.62. The van der Waals surface area contributed by atoms with Gasteiger partial charge in [0.25, 0.3) is 5.91 Å². The summed E-state index contributed by atoms with van der Waals surface area (Å²) in [4.78, 5) is 36.3. The average Bonchev–Trinajstić information content (AvgIpc) is 2.84. The number of amides is 3. The number of methoxy groups -OCH3 is 1. The molecule has 1 fully saturated rings. The van der Waals surface area contributed by atoms with E-state index in [4.69, 9.17) is 22.1 Å². The molecule has 1 aromatic carbocycles. The van der Waals surface area contributed by atoms with Crippen LogP contribution >= 0.6 is 24.0 Å². The van der Waals surface area contributed by atoms with Crippen molar-refractivity contribution in [3.8, 4) is 5.75 Å². The van der Waals surface area contributed by atoms with Crippen LogP contribution in [0.3, 0.4) is 0 Å². The Morgan fingerprint density at radius 1 is 1.33 bits per heavy atom. The monoisotopic (exact) mass is 375 g/mol. The standard InChI is InChI=1S/C15H18ClN3O4.ClH/c1-23-12-8-11(17)10(16)7-9(12)15(22)18-5-2-6-19-13(20)3-4-14(19)21;/h7-8H,2-6,17H2,1H3,(H,18,22);1H. The number of carbonyl (C=O) groups excluding carboxylic acids is 3. The van der Waals surface area contributed by atoms with Gasteiger partial charge in [-0.1, -0.05) is 11.6 Å². The van der Waals surface area contributed by atoms with E-state index in [-0.39, 0.29) is 53.6 Å². The van der Waals surface area contributed by atoms with Crippen LogP contribution in [-0.2, 0) is 9.59 Å². The third-order valence-corrected chi connectivity index (χ3v) is 3.89. The van der Waals surface area contributed by atoms with Gasteiger partial charge in [-0.25, -0.2) is 0 Å². The summed E-state index contributed by atoms with van der Waals surface area (Å²) in [5.41, 5.74) is 6.27. The van der Waals surface area contributed by atoms with Gasteiger partial charge in [-0.2, -0.15) is 0 Å². The highest BCUT2D eigenvalue weighted by Gasteiger charge is 2.28. The van der Waals surface area contributed by atoms with Gasteiger partial charge >= 0.3 is 0 Å². The van der Waals surface area contributed by atoms with E-state index in [1.165, 1.54) is 24.1 Å². The molecule has 3 amide bonds. The number of hydrogen-bond acceptors (Lipinski definition) is 5. The van der Waals surface area contributed by atoms with E-state index < -0.39 is 0 Å². The number of ether oxygens (including phenoxy) is 1. The summed E-state index contributed by atoms with van der Waals surface area (Å²) in [7, 11) is 1.43. The fourth-order valence-corrected chi connectivity index (χ4v) is 2.49. The Kier molecular flexibility index (Phi) is 7.31. The average molecular weight is 376 g/mol. The molecule has 9 heteroatoms. The van der Waals surface area contributed by atoms with Crippen molar-refractivity contribution in [2.75, 3.05) is 25.9 Å². The smallest absolute Gasteiger partial charge is 0.255 e. The number of imide groups is 1. The minimum absolute atomic E-state index is 0. The lowest BCUT2D eigenvalue weighted by Crippen LogP contribution is -2.33. The number of nitrogens with zero attached hydrogens (tertiary/aromatic N) is 1. The number of anilines is 1. The van der Waals surface area contributed by atoms with Gasteiger partial charge in [-0.15, -0.1) is 12.4 Å². The van der Waals surface area contributed by atoms with Gasteiger partial charge in [0.15, 0.2) is 0 Å². The molecule has 1 aromatic rings. The van der Waals surface area contributed by atoms with Crippen molar-refractivity contribution in [2.24, 2.45) is 0 Å². The first kappa shape index (κ1) is 20.1. The van der Waals surface area contributed by atoms with Crippen molar-refractivity contribution in [1.29, 1.82) is 0 Å². The number of halogens is 2. The molecule has 0 aliphatic carbocycles.